The summed E-state index contributed by atoms with van der Waals surface area (Å²) in [7, 11) is 0.443. The SMILES string of the molecule is COC(=O)c1cnc(Oc2ccc3c(c2)COB3O)s1. The zero-order chi connectivity index (χ0) is 14.1. The van der Waals surface area contributed by atoms with Crippen LogP contribution in [0, 0.1) is 0 Å². The van der Waals surface area contributed by atoms with Gasteiger partial charge in [-0.3, -0.25) is 0 Å². The van der Waals surface area contributed by atoms with Crippen LogP contribution in [0.15, 0.2) is 24.4 Å². The Kier molecular flexibility index (Phi) is 3.43. The minimum absolute atomic E-state index is 0.346. The number of hydrogen-bond acceptors (Lipinski definition) is 7. The lowest BCUT2D eigenvalue weighted by atomic mass is 9.80. The number of rotatable bonds is 3. The Morgan fingerprint density at radius 2 is 2.40 bits per heavy atom. The minimum atomic E-state index is -0.871. The second kappa shape index (κ2) is 5.24. The van der Waals surface area contributed by atoms with Crippen molar-refractivity contribution in [1.82, 2.24) is 4.98 Å². The number of nitrogens with zero attached hydrogens (tertiary/aromatic N) is 1. The third kappa shape index (κ3) is 2.40. The summed E-state index contributed by atoms with van der Waals surface area (Å²) in [6.45, 7) is 0.346. The van der Waals surface area contributed by atoms with Crippen molar-refractivity contribution in [3.63, 3.8) is 0 Å². The first-order valence-corrected chi connectivity index (χ1v) is 6.63. The van der Waals surface area contributed by atoms with Crippen molar-refractivity contribution in [1.29, 1.82) is 0 Å². The number of fused-ring (bicyclic) bond motifs is 1. The van der Waals surface area contributed by atoms with Crippen LogP contribution < -0.4 is 10.2 Å². The molecule has 20 heavy (non-hydrogen) atoms. The van der Waals surface area contributed by atoms with Crippen molar-refractivity contribution in [2.45, 2.75) is 6.61 Å². The van der Waals surface area contributed by atoms with Crippen LogP contribution in [-0.4, -0.2) is 30.2 Å². The van der Waals surface area contributed by atoms with Gasteiger partial charge in [-0.05, 0) is 23.2 Å². The Bertz CT molecular complexity index is 659. The smallest absolute Gasteiger partial charge is 0.465 e. The van der Waals surface area contributed by atoms with Gasteiger partial charge in [-0.15, -0.1) is 0 Å². The van der Waals surface area contributed by atoms with Gasteiger partial charge in [0, 0.05) is 0 Å². The zero-order valence-corrected chi connectivity index (χ0v) is 11.3. The van der Waals surface area contributed by atoms with E-state index in [0.717, 1.165) is 22.4 Å². The van der Waals surface area contributed by atoms with Crippen molar-refractivity contribution < 1.29 is 23.9 Å². The summed E-state index contributed by atoms with van der Waals surface area (Å²) in [6, 6.07) is 5.25. The van der Waals surface area contributed by atoms with Crippen molar-refractivity contribution in [3.05, 3.63) is 34.8 Å². The monoisotopic (exact) mass is 291 g/mol. The molecule has 102 valence electrons. The average Bonchev–Trinajstić information content (AvgIpc) is 3.06. The van der Waals surface area contributed by atoms with Gasteiger partial charge in [0.25, 0.3) is 5.19 Å². The molecule has 2 aromatic rings. The van der Waals surface area contributed by atoms with E-state index in [1.54, 1.807) is 18.2 Å². The minimum Gasteiger partial charge on any atom is -0.465 e. The van der Waals surface area contributed by atoms with Crippen LogP contribution in [0.1, 0.15) is 15.2 Å². The summed E-state index contributed by atoms with van der Waals surface area (Å²) in [5.41, 5.74) is 1.62. The molecule has 1 aromatic carbocycles. The third-order valence-corrected chi connectivity index (χ3v) is 3.71. The van der Waals surface area contributed by atoms with E-state index in [2.05, 4.69) is 9.72 Å². The van der Waals surface area contributed by atoms with Gasteiger partial charge < -0.3 is 19.2 Å². The van der Waals surface area contributed by atoms with Crippen molar-refractivity contribution in [2.75, 3.05) is 7.11 Å². The summed E-state index contributed by atoms with van der Waals surface area (Å²) in [5.74, 6) is 0.134. The quantitative estimate of drug-likeness (QED) is 0.670. The van der Waals surface area contributed by atoms with Gasteiger partial charge in [0.15, 0.2) is 0 Å². The van der Waals surface area contributed by atoms with E-state index in [-0.39, 0.29) is 0 Å². The molecule has 0 fully saturated rings. The van der Waals surface area contributed by atoms with E-state index >= 15 is 0 Å². The van der Waals surface area contributed by atoms with Crippen LogP contribution in [0.4, 0.5) is 0 Å². The molecule has 6 nitrogen and oxygen atoms in total. The molecule has 1 N–H and O–H groups in total. The predicted octanol–water partition coefficient (Wildman–Crippen LogP) is 0.940. The van der Waals surface area contributed by atoms with Crippen LogP contribution in [0.3, 0.4) is 0 Å². The Hall–Kier alpha value is -1.90. The fraction of sp³-hybridized carbons (Fsp3) is 0.167. The van der Waals surface area contributed by atoms with Gasteiger partial charge >= 0.3 is 13.1 Å². The lowest BCUT2D eigenvalue weighted by molar-refractivity contribution is 0.0606. The van der Waals surface area contributed by atoms with Crippen LogP contribution in [-0.2, 0) is 16.0 Å². The van der Waals surface area contributed by atoms with Gasteiger partial charge in [0.2, 0.25) is 0 Å². The number of thiazole rings is 1. The van der Waals surface area contributed by atoms with Crippen molar-refractivity contribution in [2.24, 2.45) is 0 Å². The van der Waals surface area contributed by atoms with Gasteiger partial charge in [0.05, 0.1) is 19.9 Å². The summed E-state index contributed by atoms with van der Waals surface area (Å²) in [6.07, 6.45) is 1.41. The maximum absolute atomic E-state index is 11.3. The zero-order valence-electron chi connectivity index (χ0n) is 10.5. The molecular formula is C12H10BNO5S. The van der Waals surface area contributed by atoms with E-state index in [4.69, 9.17) is 9.39 Å². The second-order valence-electron chi connectivity index (χ2n) is 4.11. The first-order valence-electron chi connectivity index (χ1n) is 5.82. The number of hydrogen-bond donors (Lipinski definition) is 1. The average molecular weight is 291 g/mol. The molecule has 3 rings (SSSR count). The Morgan fingerprint density at radius 3 is 3.20 bits per heavy atom. The van der Waals surface area contributed by atoms with E-state index in [1.807, 2.05) is 0 Å². The highest BCUT2D eigenvalue weighted by Crippen LogP contribution is 2.28. The molecule has 8 heteroatoms. The number of benzene rings is 1. The molecule has 0 bridgehead atoms. The maximum Gasteiger partial charge on any atom is 0.491 e. The number of esters is 1. The first kappa shape index (κ1) is 13.1. The predicted molar refractivity (Wildman–Crippen MR) is 72.4 cm³/mol. The summed E-state index contributed by atoms with van der Waals surface area (Å²) in [4.78, 5) is 15.7. The van der Waals surface area contributed by atoms with Crippen LogP contribution in [0.5, 0.6) is 10.9 Å². The number of methoxy groups -OCH3 is 1. The topological polar surface area (TPSA) is 77.9 Å². The van der Waals surface area contributed by atoms with Gasteiger partial charge in [-0.2, -0.15) is 0 Å². The molecule has 0 amide bonds. The number of carbonyl (C=O) groups is 1. The molecule has 1 aliphatic rings. The largest absolute Gasteiger partial charge is 0.491 e. The highest BCUT2D eigenvalue weighted by Gasteiger charge is 2.27. The second-order valence-corrected chi connectivity index (χ2v) is 5.10. The molecule has 0 saturated carbocycles. The van der Waals surface area contributed by atoms with E-state index in [0.29, 0.717) is 22.4 Å². The highest BCUT2D eigenvalue weighted by molar-refractivity contribution is 7.15. The van der Waals surface area contributed by atoms with E-state index < -0.39 is 13.1 Å². The number of aromatic nitrogens is 1. The highest BCUT2D eigenvalue weighted by atomic mass is 32.1. The van der Waals surface area contributed by atoms with Crippen molar-refractivity contribution in [3.8, 4) is 10.9 Å². The fourth-order valence-electron chi connectivity index (χ4n) is 1.87. The number of carbonyl (C=O) groups excluding carboxylic acids is 1. The Balaban J connectivity index is 1.78. The summed E-state index contributed by atoms with van der Waals surface area (Å²) >= 11 is 1.11. The van der Waals surface area contributed by atoms with Crippen LogP contribution in [0.25, 0.3) is 0 Å². The molecule has 0 aliphatic carbocycles. The van der Waals surface area contributed by atoms with Gasteiger partial charge in [-0.1, -0.05) is 17.4 Å². The summed E-state index contributed by atoms with van der Waals surface area (Å²) in [5, 5.41) is 9.88. The Morgan fingerprint density at radius 1 is 1.55 bits per heavy atom. The van der Waals surface area contributed by atoms with Gasteiger partial charge in [0.1, 0.15) is 10.6 Å². The molecule has 0 saturated heterocycles. The van der Waals surface area contributed by atoms with Crippen LogP contribution in [0.2, 0.25) is 0 Å². The molecule has 0 unspecified atom stereocenters. The molecule has 0 atom stereocenters. The maximum atomic E-state index is 11.3. The molecule has 1 aliphatic heterocycles. The van der Waals surface area contributed by atoms with E-state index in [1.165, 1.54) is 13.3 Å². The van der Waals surface area contributed by atoms with Crippen LogP contribution >= 0.6 is 11.3 Å². The standard InChI is InChI=1S/C12H10BNO5S/c1-17-11(15)10-5-14-12(20-10)19-8-2-3-9-7(4-8)6-18-13(9)16/h2-5,16H,6H2,1H3. The normalized spacial score (nSPS) is 13.2. The molecule has 0 spiro atoms. The summed E-state index contributed by atoms with van der Waals surface area (Å²) < 4.78 is 15.3. The lowest BCUT2D eigenvalue weighted by Gasteiger charge is -2.03. The van der Waals surface area contributed by atoms with Crippen molar-refractivity contribution >= 4 is 29.9 Å². The van der Waals surface area contributed by atoms with E-state index in [9.17, 15) is 9.82 Å². The number of ether oxygens (including phenoxy) is 2. The third-order valence-electron chi connectivity index (χ3n) is 2.85. The Labute approximate surface area is 119 Å². The first-order chi connectivity index (χ1) is 9.67. The lowest BCUT2D eigenvalue weighted by Crippen LogP contribution is -2.27. The molecular weight excluding hydrogens is 281 g/mol. The molecule has 1 aromatic heterocycles. The van der Waals surface area contributed by atoms with Gasteiger partial charge in [-0.25, -0.2) is 9.78 Å². The fourth-order valence-corrected chi connectivity index (χ4v) is 2.57. The molecule has 2 heterocycles. The molecule has 0 radical (unpaired) electrons.